The van der Waals surface area contributed by atoms with E-state index < -0.39 is 0 Å². The Morgan fingerprint density at radius 1 is 1.50 bits per heavy atom. The summed E-state index contributed by atoms with van der Waals surface area (Å²) in [5.74, 6) is 0.724. The summed E-state index contributed by atoms with van der Waals surface area (Å²) >= 11 is 0. The van der Waals surface area contributed by atoms with Crippen molar-refractivity contribution in [2.75, 3.05) is 25.0 Å². The number of nitrogens with zero attached hydrogens (tertiary/aromatic N) is 2. The Bertz CT molecular complexity index is 448. The van der Waals surface area contributed by atoms with Crippen molar-refractivity contribution in [2.24, 2.45) is 5.92 Å². The Labute approximate surface area is 109 Å². The van der Waals surface area contributed by atoms with E-state index in [-0.39, 0.29) is 0 Å². The molecule has 3 heteroatoms. The standard InChI is InChI=1S/C15H21N3/c1-12-4-3-7-18(11-12)15-6-5-13(10-17-2)8-14(15)9-16/h5-6,8,12,17H,3-4,7,10-11H2,1-2H3. The second-order valence-electron chi connectivity index (χ2n) is 5.19. The van der Waals surface area contributed by atoms with Gasteiger partial charge in [-0.3, -0.25) is 0 Å². The Morgan fingerprint density at radius 2 is 2.33 bits per heavy atom. The molecule has 2 rings (SSSR count). The molecule has 1 atom stereocenters. The molecule has 1 heterocycles. The maximum Gasteiger partial charge on any atom is 0.101 e. The van der Waals surface area contributed by atoms with Crippen molar-refractivity contribution in [3.8, 4) is 6.07 Å². The molecular formula is C15H21N3. The van der Waals surface area contributed by atoms with Gasteiger partial charge in [0.1, 0.15) is 6.07 Å². The van der Waals surface area contributed by atoms with E-state index in [1.165, 1.54) is 18.4 Å². The van der Waals surface area contributed by atoms with Crippen molar-refractivity contribution in [3.63, 3.8) is 0 Å². The van der Waals surface area contributed by atoms with Crippen molar-refractivity contribution in [1.29, 1.82) is 5.26 Å². The average Bonchev–Trinajstić information content (AvgIpc) is 2.39. The molecule has 18 heavy (non-hydrogen) atoms. The number of nitriles is 1. The van der Waals surface area contributed by atoms with Crippen LogP contribution in [0.4, 0.5) is 5.69 Å². The first-order chi connectivity index (χ1) is 8.74. The fourth-order valence-electron chi connectivity index (χ4n) is 2.67. The van der Waals surface area contributed by atoms with Crippen molar-refractivity contribution >= 4 is 5.69 Å². The Morgan fingerprint density at radius 3 is 3.00 bits per heavy atom. The van der Waals surface area contributed by atoms with Gasteiger partial charge in [-0.25, -0.2) is 0 Å². The molecule has 1 N–H and O–H groups in total. The van der Waals surface area contributed by atoms with Crippen LogP contribution < -0.4 is 10.2 Å². The molecule has 3 nitrogen and oxygen atoms in total. The van der Waals surface area contributed by atoms with E-state index in [4.69, 9.17) is 0 Å². The molecule has 1 saturated heterocycles. The van der Waals surface area contributed by atoms with Crippen LogP contribution in [0, 0.1) is 17.2 Å². The molecule has 0 bridgehead atoms. The van der Waals surface area contributed by atoms with Gasteiger partial charge in [-0.1, -0.05) is 13.0 Å². The summed E-state index contributed by atoms with van der Waals surface area (Å²) in [6.07, 6.45) is 2.53. The third-order valence-corrected chi connectivity index (χ3v) is 3.56. The quantitative estimate of drug-likeness (QED) is 0.886. The largest absolute Gasteiger partial charge is 0.370 e. The average molecular weight is 243 g/mol. The van der Waals surface area contributed by atoms with Crippen LogP contribution in [-0.4, -0.2) is 20.1 Å². The smallest absolute Gasteiger partial charge is 0.101 e. The van der Waals surface area contributed by atoms with Crippen LogP contribution in [0.1, 0.15) is 30.9 Å². The highest BCUT2D eigenvalue weighted by atomic mass is 15.1. The summed E-state index contributed by atoms with van der Waals surface area (Å²) in [6, 6.07) is 8.56. The first kappa shape index (κ1) is 12.9. The molecule has 0 radical (unpaired) electrons. The Hall–Kier alpha value is -1.53. The summed E-state index contributed by atoms with van der Waals surface area (Å²) in [7, 11) is 1.92. The van der Waals surface area contributed by atoms with Crippen molar-refractivity contribution in [2.45, 2.75) is 26.3 Å². The summed E-state index contributed by atoms with van der Waals surface area (Å²) in [5, 5.41) is 12.4. The van der Waals surface area contributed by atoms with E-state index >= 15 is 0 Å². The second-order valence-corrected chi connectivity index (χ2v) is 5.19. The van der Waals surface area contributed by atoms with Crippen molar-refractivity contribution in [1.82, 2.24) is 5.32 Å². The zero-order valence-corrected chi connectivity index (χ0v) is 11.2. The van der Waals surface area contributed by atoms with Gasteiger partial charge in [0, 0.05) is 19.6 Å². The lowest BCUT2D eigenvalue weighted by atomic mass is 9.98. The third kappa shape index (κ3) is 2.83. The predicted octanol–water partition coefficient (Wildman–Crippen LogP) is 2.51. The van der Waals surface area contributed by atoms with Crippen LogP contribution >= 0.6 is 0 Å². The molecule has 1 fully saturated rings. The van der Waals surface area contributed by atoms with Crippen LogP contribution in [0.3, 0.4) is 0 Å². The topological polar surface area (TPSA) is 39.1 Å². The van der Waals surface area contributed by atoms with Gasteiger partial charge in [-0.15, -0.1) is 0 Å². The molecule has 1 aromatic rings. The molecule has 0 saturated carbocycles. The van der Waals surface area contributed by atoms with E-state index in [1.54, 1.807) is 0 Å². The molecule has 1 aromatic carbocycles. The maximum atomic E-state index is 9.31. The molecule has 1 aliphatic rings. The van der Waals surface area contributed by atoms with Crippen LogP contribution in [-0.2, 0) is 6.54 Å². The van der Waals surface area contributed by atoms with Gasteiger partial charge in [0.05, 0.1) is 11.3 Å². The molecule has 1 aliphatic heterocycles. The number of hydrogen-bond acceptors (Lipinski definition) is 3. The van der Waals surface area contributed by atoms with E-state index in [2.05, 4.69) is 35.3 Å². The number of rotatable bonds is 3. The highest BCUT2D eigenvalue weighted by Crippen LogP contribution is 2.26. The zero-order chi connectivity index (χ0) is 13.0. The second kappa shape index (κ2) is 5.88. The highest BCUT2D eigenvalue weighted by Gasteiger charge is 2.18. The number of nitrogens with one attached hydrogen (secondary N) is 1. The summed E-state index contributed by atoms with van der Waals surface area (Å²) in [5.41, 5.74) is 3.07. The summed E-state index contributed by atoms with van der Waals surface area (Å²) in [4.78, 5) is 2.36. The summed E-state index contributed by atoms with van der Waals surface area (Å²) < 4.78 is 0. The lowest BCUT2D eigenvalue weighted by Crippen LogP contribution is -2.34. The molecule has 0 aromatic heterocycles. The first-order valence-corrected chi connectivity index (χ1v) is 6.67. The van der Waals surface area contributed by atoms with Gasteiger partial charge in [0.25, 0.3) is 0 Å². The maximum absolute atomic E-state index is 9.31. The van der Waals surface area contributed by atoms with Gasteiger partial charge < -0.3 is 10.2 Å². The van der Waals surface area contributed by atoms with Gasteiger partial charge in [-0.2, -0.15) is 5.26 Å². The minimum atomic E-state index is 0.724. The predicted molar refractivity (Wildman–Crippen MR) is 74.5 cm³/mol. The summed E-state index contributed by atoms with van der Waals surface area (Å²) in [6.45, 7) is 5.24. The lowest BCUT2D eigenvalue weighted by molar-refractivity contribution is 0.446. The van der Waals surface area contributed by atoms with E-state index in [9.17, 15) is 5.26 Å². The lowest BCUT2D eigenvalue weighted by Gasteiger charge is -2.33. The molecular weight excluding hydrogens is 222 g/mol. The van der Waals surface area contributed by atoms with Crippen molar-refractivity contribution < 1.29 is 0 Å². The van der Waals surface area contributed by atoms with Gasteiger partial charge >= 0.3 is 0 Å². The monoisotopic (exact) mass is 243 g/mol. The van der Waals surface area contributed by atoms with E-state index in [0.717, 1.165) is 36.8 Å². The van der Waals surface area contributed by atoms with Gasteiger partial charge in [-0.05, 0) is 43.5 Å². The van der Waals surface area contributed by atoms with Crippen LogP contribution in [0.5, 0.6) is 0 Å². The Balaban J connectivity index is 2.24. The number of benzene rings is 1. The fraction of sp³-hybridized carbons (Fsp3) is 0.533. The molecule has 0 spiro atoms. The molecule has 96 valence electrons. The van der Waals surface area contributed by atoms with E-state index in [1.807, 2.05) is 13.1 Å². The minimum absolute atomic E-state index is 0.724. The van der Waals surface area contributed by atoms with Crippen LogP contribution in [0.25, 0.3) is 0 Å². The van der Waals surface area contributed by atoms with Crippen molar-refractivity contribution in [3.05, 3.63) is 29.3 Å². The highest BCUT2D eigenvalue weighted by molar-refractivity contribution is 5.60. The molecule has 0 aliphatic carbocycles. The first-order valence-electron chi connectivity index (χ1n) is 6.67. The van der Waals surface area contributed by atoms with E-state index in [0.29, 0.717) is 0 Å². The molecule has 0 amide bonds. The molecule has 1 unspecified atom stereocenters. The Kier molecular flexibility index (Phi) is 4.22. The fourth-order valence-corrected chi connectivity index (χ4v) is 2.67. The SMILES string of the molecule is CNCc1ccc(N2CCCC(C)C2)c(C#N)c1. The van der Waals surface area contributed by atoms with Crippen LogP contribution in [0.15, 0.2) is 18.2 Å². The number of anilines is 1. The van der Waals surface area contributed by atoms with Crippen LogP contribution in [0.2, 0.25) is 0 Å². The minimum Gasteiger partial charge on any atom is -0.370 e. The van der Waals surface area contributed by atoms with Gasteiger partial charge in [0.15, 0.2) is 0 Å². The number of piperidine rings is 1. The normalized spacial score (nSPS) is 19.6. The third-order valence-electron chi connectivity index (χ3n) is 3.56. The number of hydrogen-bond donors (Lipinski definition) is 1. The van der Waals surface area contributed by atoms with Gasteiger partial charge in [0.2, 0.25) is 0 Å². The zero-order valence-electron chi connectivity index (χ0n) is 11.2.